The molecule has 2 amide bonds. The first kappa shape index (κ1) is 16.8. The van der Waals surface area contributed by atoms with Gasteiger partial charge in [0.15, 0.2) is 0 Å². The smallest absolute Gasteiger partial charge is 0.255 e. The van der Waals surface area contributed by atoms with Crippen LogP contribution >= 0.6 is 0 Å². The summed E-state index contributed by atoms with van der Waals surface area (Å²) in [5, 5.41) is 2.92. The van der Waals surface area contributed by atoms with Gasteiger partial charge < -0.3 is 19.7 Å². The third-order valence-electron chi connectivity index (χ3n) is 4.18. The average Bonchev–Trinajstić information content (AvgIpc) is 3.01. The number of benzene rings is 2. The summed E-state index contributed by atoms with van der Waals surface area (Å²) in [5.74, 6) is 0.770. The Bertz CT molecular complexity index is 776. The lowest BCUT2D eigenvalue weighted by molar-refractivity contribution is -0.117. The summed E-state index contributed by atoms with van der Waals surface area (Å²) in [7, 11) is 3.05. The molecule has 25 heavy (non-hydrogen) atoms. The van der Waals surface area contributed by atoms with Crippen molar-refractivity contribution >= 4 is 17.5 Å². The number of amides is 2. The van der Waals surface area contributed by atoms with Gasteiger partial charge in [-0.05, 0) is 24.3 Å². The Labute approximate surface area is 146 Å². The summed E-state index contributed by atoms with van der Waals surface area (Å²) in [6, 6.07) is 14.2. The van der Waals surface area contributed by atoms with Crippen LogP contribution in [0.15, 0.2) is 48.5 Å². The number of rotatable bonds is 5. The van der Waals surface area contributed by atoms with Crippen LogP contribution in [-0.2, 0) is 4.79 Å². The van der Waals surface area contributed by atoms with Gasteiger partial charge in [0, 0.05) is 24.7 Å². The predicted octanol–water partition coefficient (Wildman–Crippen LogP) is 2.24. The zero-order valence-electron chi connectivity index (χ0n) is 14.2. The number of methoxy groups -OCH3 is 2. The van der Waals surface area contributed by atoms with Crippen LogP contribution in [0.1, 0.15) is 16.8 Å². The second kappa shape index (κ2) is 7.25. The largest absolute Gasteiger partial charge is 0.497 e. The minimum Gasteiger partial charge on any atom is -0.497 e. The molecule has 6 nitrogen and oxygen atoms in total. The van der Waals surface area contributed by atoms with Crippen molar-refractivity contribution in [2.45, 2.75) is 12.5 Å². The van der Waals surface area contributed by atoms with E-state index in [1.165, 1.54) is 7.11 Å². The topological polar surface area (TPSA) is 67.9 Å². The van der Waals surface area contributed by atoms with Crippen LogP contribution < -0.4 is 19.7 Å². The van der Waals surface area contributed by atoms with E-state index < -0.39 is 0 Å². The van der Waals surface area contributed by atoms with Gasteiger partial charge >= 0.3 is 0 Å². The molecular formula is C19H20N2O4. The van der Waals surface area contributed by atoms with E-state index in [4.69, 9.17) is 9.47 Å². The Hall–Kier alpha value is -3.02. The lowest BCUT2D eigenvalue weighted by Crippen LogP contribution is -2.37. The summed E-state index contributed by atoms with van der Waals surface area (Å²) >= 11 is 0. The summed E-state index contributed by atoms with van der Waals surface area (Å²) < 4.78 is 10.4. The minimum absolute atomic E-state index is 0.00167. The zero-order valence-corrected chi connectivity index (χ0v) is 14.2. The Kier molecular flexibility index (Phi) is 4.88. The highest BCUT2D eigenvalue weighted by atomic mass is 16.5. The molecule has 6 heteroatoms. The number of carbonyl (C=O) groups is 2. The first-order valence-electron chi connectivity index (χ1n) is 8.00. The van der Waals surface area contributed by atoms with E-state index in [2.05, 4.69) is 5.32 Å². The van der Waals surface area contributed by atoms with E-state index in [1.54, 1.807) is 30.2 Å². The molecule has 1 heterocycles. The van der Waals surface area contributed by atoms with Gasteiger partial charge in [-0.2, -0.15) is 0 Å². The van der Waals surface area contributed by atoms with Crippen LogP contribution in [0, 0.1) is 0 Å². The van der Waals surface area contributed by atoms with Crippen LogP contribution in [0.2, 0.25) is 0 Å². The van der Waals surface area contributed by atoms with Crippen molar-refractivity contribution < 1.29 is 19.1 Å². The fourth-order valence-corrected chi connectivity index (χ4v) is 2.91. The molecule has 1 aliphatic heterocycles. The van der Waals surface area contributed by atoms with Gasteiger partial charge in [-0.3, -0.25) is 9.59 Å². The van der Waals surface area contributed by atoms with E-state index in [9.17, 15) is 9.59 Å². The van der Waals surface area contributed by atoms with Crippen LogP contribution in [0.5, 0.6) is 11.5 Å². The number of carbonyl (C=O) groups excluding carboxylic acids is 2. The number of anilines is 1. The van der Waals surface area contributed by atoms with Gasteiger partial charge in [-0.25, -0.2) is 0 Å². The first-order valence-corrected chi connectivity index (χ1v) is 8.00. The quantitative estimate of drug-likeness (QED) is 0.906. The summed E-state index contributed by atoms with van der Waals surface area (Å²) in [5.41, 5.74) is 1.25. The zero-order chi connectivity index (χ0) is 17.8. The molecule has 2 aromatic rings. The normalized spacial score (nSPS) is 16.6. The summed E-state index contributed by atoms with van der Waals surface area (Å²) in [6.07, 6.45) is 0.277. The third-order valence-corrected chi connectivity index (χ3v) is 4.18. The van der Waals surface area contributed by atoms with Crippen molar-refractivity contribution in [1.82, 2.24) is 5.32 Å². The van der Waals surface area contributed by atoms with Gasteiger partial charge in [0.25, 0.3) is 5.91 Å². The summed E-state index contributed by atoms with van der Waals surface area (Å²) in [6.45, 7) is 0.451. The fourth-order valence-electron chi connectivity index (χ4n) is 2.91. The van der Waals surface area contributed by atoms with E-state index in [-0.39, 0.29) is 24.3 Å². The Morgan fingerprint density at radius 2 is 1.88 bits per heavy atom. The lowest BCUT2D eigenvalue weighted by Gasteiger charge is -2.17. The molecule has 0 aromatic heterocycles. The monoisotopic (exact) mass is 340 g/mol. The molecular weight excluding hydrogens is 320 g/mol. The van der Waals surface area contributed by atoms with Crippen molar-refractivity contribution in [2.24, 2.45) is 0 Å². The van der Waals surface area contributed by atoms with Crippen molar-refractivity contribution in [1.29, 1.82) is 0 Å². The molecule has 0 saturated carbocycles. The highest BCUT2D eigenvalue weighted by molar-refractivity contribution is 6.00. The maximum absolute atomic E-state index is 12.6. The van der Waals surface area contributed by atoms with E-state index in [1.807, 2.05) is 30.3 Å². The number of nitrogens with one attached hydrogen (secondary N) is 1. The molecule has 130 valence electrons. The number of ether oxygens (including phenoxy) is 2. The molecule has 0 radical (unpaired) electrons. The second-order valence-electron chi connectivity index (χ2n) is 5.78. The van der Waals surface area contributed by atoms with Crippen LogP contribution in [0.25, 0.3) is 0 Å². The fraction of sp³-hybridized carbons (Fsp3) is 0.263. The molecule has 1 saturated heterocycles. The Morgan fingerprint density at radius 3 is 2.56 bits per heavy atom. The molecule has 3 rings (SSSR count). The van der Waals surface area contributed by atoms with Gasteiger partial charge in [-0.1, -0.05) is 18.2 Å². The van der Waals surface area contributed by atoms with Crippen LogP contribution in [0.3, 0.4) is 0 Å². The van der Waals surface area contributed by atoms with Gasteiger partial charge in [0.1, 0.15) is 11.5 Å². The maximum Gasteiger partial charge on any atom is 0.255 e. The van der Waals surface area contributed by atoms with E-state index >= 15 is 0 Å². The van der Waals surface area contributed by atoms with Crippen molar-refractivity contribution in [3.8, 4) is 11.5 Å². The molecule has 1 N–H and O–H groups in total. The van der Waals surface area contributed by atoms with Gasteiger partial charge in [0.2, 0.25) is 5.91 Å². The number of hydrogen-bond donors (Lipinski definition) is 1. The lowest BCUT2D eigenvalue weighted by atomic mass is 10.1. The highest BCUT2D eigenvalue weighted by Gasteiger charge is 2.32. The third kappa shape index (κ3) is 3.57. The van der Waals surface area contributed by atoms with Crippen molar-refractivity contribution in [3.63, 3.8) is 0 Å². The number of nitrogens with zero attached hydrogens (tertiary/aromatic N) is 1. The van der Waals surface area contributed by atoms with Crippen LogP contribution in [0.4, 0.5) is 5.69 Å². The molecule has 1 fully saturated rings. The molecule has 1 aliphatic rings. The second-order valence-corrected chi connectivity index (χ2v) is 5.78. The average molecular weight is 340 g/mol. The van der Waals surface area contributed by atoms with Crippen molar-refractivity contribution in [2.75, 3.05) is 25.7 Å². The minimum atomic E-state index is -0.271. The van der Waals surface area contributed by atoms with Gasteiger partial charge in [-0.15, -0.1) is 0 Å². The van der Waals surface area contributed by atoms with Gasteiger partial charge in [0.05, 0.1) is 25.8 Å². The highest BCUT2D eigenvalue weighted by Crippen LogP contribution is 2.25. The number of hydrogen-bond acceptors (Lipinski definition) is 4. The van der Waals surface area contributed by atoms with Crippen LogP contribution in [-0.4, -0.2) is 38.6 Å². The van der Waals surface area contributed by atoms with Crippen molar-refractivity contribution in [3.05, 3.63) is 54.1 Å². The molecule has 1 atom stereocenters. The van der Waals surface area contributed by atoms with E-state index in [0.29, 0.717) is 23.6 Å². The first-order chi connectivity index (χ1) is 12.1. The molecule has 0 bridgehead atoms. The predicted molar refractivity (Wildman–Crippen MR) is 94.2 cm³/mol. The number of para-hydroxylation sites is 1. The van der Waals surface area contributed by atoms with E-state index in [0.717, 1.165) is 5.69 Å². The Balaban J connectivity index is 1.71. The molecule has 0 aliphatic carbocycles. The Morgan fingerprint density at radius 1 is 1.12 bits per heavy atom. The SMILES string of the molecule is COc1ccc(C(=O)N[C@H]2CC(=O)N(c3ccccc3)C2)c(OC)c1. The molecule has 0 unspecified atom stereocenters. The summed E-state index contributed by atoms with van der Waals surface area (Å²) in [4.78, 5) is 26.5. The molecule has 0 spiro atoms. The standard InChI is InChI=1S/C19H20N2O4/c1-24-15-8-9-16(17(11-15)25-2)19(23)20-13-10-18(22)21(12-13)14-6-4-3-5-7-14/h3-9,11,13H,10,12H2,1-2H3,(H,20,23)/t13-/m0/s1. The molecule has 2 aromatic carbocycles. The maximum atomic E-state index is 12.6.